The second kappa shape index (κ2) is 5.23. The molecule has 1 aromatic carbocycles. The molecule has 2 aromatic rings. The number of para-hydroxylation sites is 1. The molecule has 2 unspecified atom stereocenters. The molecular formula is C13H16N2O2. The van der Waals surface area contributed by atoms with Crippen molar-refractivity contribution in [2.75, 3.05) is 13.6 Å². The van der Waals surface area contributed by atoms with Gasteiger partial charge in [0.2, 0.25) is 0 Å². The Labute approximate surface area is 99.9 Å². The molecule has 17 heavy (non-hydrogen) atoms. The average molecular weight is 232 g/mol. The van der Waals surface area contributed by atoms with Crippen LogP contribution in [-0.4, -0.2) is 34.9 Å². The number of rotatable bonds is 4. The molecule has 0 aliphatic rings. The number of fused-ring (bicyclic) bond motifs is 1. The van der Waals surface area contributed by atoms with Gasteiger partial charge < -0.3 is 15.5 Å². The molecule has 1 aromatic heterocycles. The maximum absolute atomic E-state index is 9.95. The van der Waals surface area contributed by atoms with Crippen LogP contribution in [-0.2, 0) is 0 Å². The van der Waals surface area contributed by atoms with E-state index in [0.29, 0.717) is 12.1 Å². The maximum atomic E-state index is 9.95. The van der Waals surface area contributed by atoms with Crippen molar-refractivity contribution in [3.8, 4) is 0 Å². The van der Waals surface area contributed by atoms with Gasteiger partial charge in [-0.05, 0) is 19.2 Å². The third-order valence-electron chi connectivity index (χ3n) is 2.73. The molecule has 0 fully saturated rings. The molecular weight excluding hydrogens is 216 g/mol. The summed E-state index contributed by atoms with van der Waals surface area (Å²) in [6, 6.07) is 9.54. The number of hydrogen-bond acceptors (Lipinski definition) is 4. The molecule has 0 aliphatic heterocycles. The lowest BCUT2D eigenvalue weighted by Crippen LogP contribution is -2.29. The standard InChI is InChI=1S/C13H16N2O2/c1-14-8-12(16)13(17)10-6-9-4-2-3-5-11(9)15-7-10/h2-7,12-14,16-17H,8H2,1H3. The van der Waals surface area contributed by atoms with Crippen molar-refractivity contribution in [3.05, 3.63) is 42.1 Å². The Morgan fingerprint density at radius 3 is 2.82 bits per heavy atom. The van der Waals surface area contributed by atoms with Crippen LogP contribution in [0, 0.1) is 0 Å². The summed E-state index contributed by atoms with van der Waals surface area (Å²) in [5.74, 6) is 0. The third kappa shape index (κ3) is 2.61. The molecule has 2 atom stereocenters. The summed E-state index contributed by atoms with van der Waals surface area (Å²) in [6.45, 7) is 0.341. The molecule has 4 heteroatoms. The monoisotopic (exact) mass is 232 g/mol. The van der Waals surface area contributed by atoms with E-state index < -0.39 is 12.2 Å². The number of benzene rings is 1. The minimum atomic E-state index is -0.917. The number of pyridine rings is 1. The Bertz CT molecular complexity index is 501. The zero-order valence-electron chi connectivity index (χ0n) is 9.67. The predicted molar refractivity (Wildman–Crippen MR) is 66.6 cm³/mol. The first-order valence-corrected chi connectivity index (χ1v) is 5.58. The number of aliphatic hydroxyl groups excluding tert-OH is 2. The van der Waals surface area contributed by atoms with Crippen LogP contribution in [0.15, 0.2) is 36.5 Å². The number of nitrogens with zero attached hydrogens (tertiary/aromatic N) is 1. The second-order valence-electron chi connectivity index (χ2n) is 4.03. The summed E-state index contributed by atoms with van der Waals surface area (Å²) in [5.41, 5.74) is 1.51. The van der Waals surface area contributed by atoms with Crippen molar-refractivity contribution in [2.45, 2.75) is 12.2 Å². The van der Waals surface area contributed by atoms with Gasteiger partial charge in [0.25, 0.3) is 0 Å². The number of hydrogen-bond donors (Lipinski definition) is 3. The van der Waals surface area contributed by atoms with Crippen molar-refractivity contribution >= 4 is 10.9 Å². The Morgan fingerprint density at radius 1 is 1.29 bits per heavy atom. The lowest BCUT2D eigenvalue weighted by molar-refractivity contribution is 0.0201. The largest absolute Gasteiger partial charge is 0.389 e. The van der Waals surface area contributed by atoms with E-state index in [4.69, 9.17) is 0 Å². The Morgan fingerprint density at radius 2 is 2.06 bits per heavy atom. The number of likely N-dealkylation sites (N-methyl/N-ethyl adjacent to an activating group) is 1. The van der Waals surface area contributed by atoms with Gasteiger partial charge in [-0.3, -0.25) is 4.98 Å². The molecule has 3 N–H and O–H groups in total. The van der Waals surface area contributed by atoms with E-state index in [9.17, 15) is 10.2 Å². The van der Waals surface area contributed by atoms with Crippen LogP contribution in [0.3, 0.4) is 0 Å². The summed E-state index contributed by atoms with van der Waals surface area (Å²) in [4.78, 5) is 4.25. The van der Waals surface area contributed by atoms with Crippen LogP contribution >= 0.6 is 0 Å². The fraction of sp³-hybridized carbons (Fsp3) is 0.308. The highest BCUT2D eigenvalue weighted by Crippen LogP contribution is 2.20. The van der Waals surface area contributed by atoms with E-state index in [-0.39, 0.29) is 0 Å². The van der Waals surface area contributed by atoms with Gasteiger partial charge in [-0.25, -0.2) is 0 Å². The van der Waals surface area contributed by atoms with Gasteiger partial charge in [0.05, 0.1) is 11.6 Å². The molecule has 0 radical (unpaired) electrons. The van der Waals surface area contributed by atoms with Crippen molar-refractivity contribution < 1.29 is 10.2 Å². The molecule has 2 rings (SSSR count). The van der Waals surface area contributed by atoms with Crippen LogP contribution in [0.1, 0.15) is 11.7 Å². The number of aliphatic hydroxyl groups is 2. The first kappa shape index (κ1) is 12.0. The van der Waals surface area contributed by atoms with Gasteiger partial charge >= 0.3 is 0 Å². The number of nitrogens with one attached hydrogen (secondary N) is 1. The lowest BCUT2D eigenvalue weighted by Gasteiger charge is -2.17. The number of aromatic nitrogens is 1. The van der Waals surface area contributed by atoms with E-state index in [1.165, 1.54) is 0 Å². The SMILES string of the molecule is CNCC(O)C(O)c1cnc2ccccc2c1. The molecule has 0 spiro atoms. The zero-order valence-corrected chi connectivity index (χ0v) is 9.67. The minimum Gasteiger partial charge on any atom is -0.389 e. The van der Waals surface area contributed by atoms with Crippen LogP contribution in [0.2, 0.25) is 0 Å². The summed E-state index contributed by atoms with van der Waals surface area (Å²) in [6.07, 6.45) is -0.145. The van der Waals surface area contributed by atoms with Gasteiger partial charge in [0.15, 0.2) is 0 Å². The molecule has 1 heterocycles. The second-order valence-corrected chi connectivity index (χ2v) is 4.03. The summed E-state index contributed by atoms with van der Waals surface area (Å²) in [7, 11) is 1.73. The molecule has 0 amide bonds. The highest BCUT2D eigenvalue weighted by molar-refractivity contribution is 5.78. The van der Waals surface area contributed by atoms with Gasteiger partial charge in [-0.2, -0.15) is 0 Å². The average Bonchev–Trinajstić information content (AvgIpc) is 2.37. The lowest BCUT2D eigenvalue weighted by atomic mass is 10.0. The van der Waals surface area contributed by atoms with E-state index in [0.717, 1.165) is 10.9 Å². The van der Waals surface area contributed by atoms with Gasteiger partial charge in [-0.1, -0.05) is 18.2 Å². The molecule has 0 aliphatic carbocycles. The Hall–Kier alpha value is -1.49. The molecule has 0 saturated heterocycles. The summed E-state index contributed by atoms with van der Waals surface area (Å²) < 4.78 is 0. The maximum Gasteiger partial charge on any atom is 0.108 e. The van der Waals surface area contributed by atoms with Crippen molar-refractivity contribution in [3.63, 3.8) is 0 Å². The topological polar surface area (TPSA) is 65.4 Å². The van der Waals surface area contributed by atoms with E-state index in [1.54, 1.807) is 13.2 Å². The highest BCUT2D eigenvalue weighted by atomic mass is 16.3. The first-order chi connectivity index (χ1) is 8.22. The van der Waals surface area contributed by atoms with Gasteiger partial charge in [0.1, 0.15) is 6.10 Å². The third-order valence-corrected chi connectivity index (χ3v) is 2.73. The van der Waals surface area contributed by atoms with Crippen LogP contribution in [0.5, 0.6) is 0 Å². The summed E-state index contributed by atoms with van der Waals surface area (Å²) in [5, 5.41) is 23.4. The Kier molecular flexibility index (Phi) is 3.68. The van der Waals surface area contributed by atoms with E-state index in [1.807, 2.05) is 30.3 Å². The quantitative estimate of drug-likeness (QED) is 0.731. The van der Waals surface area contributed by atoms with E-state index in [2.05, 4.69) is 10.3 Å². The first-order valence-electron chi connectivity index (χ1n) is 5.58. The zero-order chi connectivity index (χ0) is 12.3. The Balaban J connectivity index is 2.29. The van der Waals surface area contributed by atoms with Crippen molar-refractivity contribution in [1.29, 1.82) is 0 Å². The van der Waals surface area contributed by atoms with Gasteiger partial charge in [0, 0.05) is 23.7 Å². The predicted octanol–water partition coefficient (Wildman–Crippen LogP) is 0.848. The van der Waals surface area contributed by atoms with Gasteiger partial charge in [-0.15, -0.1) is 0 Å². The fourth-order valence-electron chi connectivity index (χ4n) is 1.79. The minimum absolute atomic E-state index is 0.341. The highest BCUT2D eigenvalue weighted by Gasteiger charge is 2.17. The van der Waals surface area contributed by atoms with Crippen molar-refractivity contribution in [2.24, 2.45) is 0 Å². The normalized spacial score (nSPS) is 14.8. The van der Waals surface area contributed by atoms with E-state index >= 15 is 0 Å². The molecule has 4 nitrogen and oxygen atoms in total. The van der Waals surface area contributed by atoms with Crippen LogP contribution in [0.4, 0.5) is 0 Å². The summed E-state index contributed by atoms with van der Waals surface area (Å²) >= 11 is 0. The smallest absolute Gasteiger partial charge is 0.108 e. The fourth-order valence-corrected chi connectivity index (χ4v) is 1.79. The molecule has 0 bridgehead atoms. The van der Waals surface area contributed by atoms with Crippen LogP contribution in [0.25, 0.3) is 10.9 Å². The molecule has 0 saturated carbocycles. The molecule has 90 valence electrons. The van der Waals surface area contributed by atoms with Crippen LogP contribution < -0.4 is 5.32 Å². The van der Waals surface area contributed by atoms with Crippen molar-refractivity contribution in [1.82, 2.24) is 10.3 Å².